The lowest BCUT2D eigenvalue weighted by molar-refractivity contribution is 0.0693. The highest BCUT2D eigenvalue weighted by molar-refractivity contribution is 5.90. The normalized spacial score (nSPS) is 10.2. The predicted octanol–water partition coefficient (Wildman–Crippen LogP) is 1.40. The number of aromatic hydroxyl groups is 1. The highest BCUT2D eigenvalue weighted by Crippen LogP contribution is 2.19. The molecule has 1 aromatic heterocycles. The van der Waals surface area contributed by atoms with Gasteiger partial charge in [0, 0.05) is 18.8 Å². The topological polar surface area (TPSA) is 86.2 Å². The largest absolute Gasteiger partial charge is 0.507 e. The Bertz CT molecular complexity index is 506. The maximum Gasteiger partial charge on any atom is 0.339 e. The van der Waals surface area contributed by atoms with Crippen molar-refractivity contribution in [3.8, 4) is 5.75 Å². The summed E-state index contributed by atoms with van der Waals surface area (Å²) in [5, 5.41) is 18.2. The molecule has 82 valence electrons. The molecule has 0 radical (unpaired) electrons. The molecule has 0 saturated carbocycles. The van der Waals surface area contributed by atoms with E-state index >= 15 is 0 Å². The minimum Gasteiger partial charge on any atom is -0.507 e. The molecule has 2 aromatic rings. The molecule has 5 heteroatoms. The summed E-state index contributed by atoms with van der Waals surface area (Å²) in [5.41, 5.74) is 0.709. The van der Waals surface area contributed by atoms with Gasteiger partial charge in [0.2, 0.25) is 0 Å². The molecule has 0 aliphatic carbocycles. The molecular formula is C11H10N2O3. The second-order valence-electron chi connectivity index (χ2n) is 3.37. The molecule has 0 aliphatic heterocycles. The highest BCUT2D eigenvalue weighted by Gasteiger charge is 2.10. The number of aromatic nitrogens is 2. The van der Waals surface area contributed by atoms with Gasteiger partial charge in [-0.3, -0.25) is 0 Å². The number of aromatic carboxylic acids is 1. The van der Waals surface area contributed by atoms with E-state index in [9.17, 15) is 9.90 Å². The molecule has 1 heterocycles. The Morgan fingerprint density at radius 1 is 1.44 bits per heavy atom. The Morgan fingerprint density at radius 2 is 2.25 bits per heavy atom. The summed E-state index contributed by atoms with van der Waals surface area (Å²) in [4.78, 5) is 17.7. The highest BCUT2D eigenvalue weighted by atomic mass is 16.4. The van der Waals surface area contributed by atoms with Crippen molar-refractivity contribution >= 4 is 5.97 Å². The van der Waals surface area contributed by atoms with Gasteiger partial charge < -0.3 is 15.2 Å². The number of nitrogens with one attached hydrogen (secondary N) is 1. The fourth-order valence-corrected chi connectivity index (χ4v) is 1.46. The number of carbonyl (C=O) groups is 1. The van der Waals surface area contributed by atoms with E-state index in [1.165, 1.54) is 12.1 Å². The Labute approximate surface area is 91.4 Å². The van der Waals surface area contributed by atoms with Gasteiger partial charge in [0.15, 0.2) is 0 Å². The molecule has 0 bridgehead atoms. The van der Waals surface area contributed by atoms with Crippen LogP contribution >= 0.6 is 0 Å². The Balaban J connectivity index is 2.24. The van der Waals surface area contributed by atoms with Crippen molar-refractivity contribution in [3.63, 3.8) is 0 Å². The van der Waals surface area contributed by atoms with Crippen molar-refractivity contribution < 1.29 is 15.0 Å². The first-order chi connectivity index (χ1) is 7.66. The van der Waals surface area contributed by atoms with E-state index < -0.39 is 5.97 Å². The number of carboxylic acid groups (broad SMARTS) is 1. The van der Waals surface area contributed by atoms with Gasteiger partial charge >= 0.3 is 5.97 Å². The zero-order chi connectivity index (χ0) is 11.5. The van der Waals surface area contributed by atoms with Gasteiger partial charge in [-0.2, -0.15) is 0 Å². The van der Waals surface area contributed by atoms with Gasteiger partial charge in [0.05, 0.1) is 0 Å². The van der Waals surface area contributed by atoms with E-state index in [1.807, 2.05) is 0 Å². The second kappa shape index (κ2) is 4.06. The van der Waals surface area contributed by atoms with E-state index in [2.05, 4.69) is 9.97 Å². The molecule has 0 aliphatic rings. The molecule has 2 rings (SSSR count). The van der Waals surface area contributed by atoms with Crippen molar-refractivity contribution in [2.75, 3.05) is 0 Å². The minimum absolute atomic E-state index is 0.0943. The van der Waals surface area contributed by atoms with Crippen LogP contribution in [0.25, 0.3) is 0 Å². The number of hydrogen-bond donors (Lipinski definition) is 3. The van der Waals surface area contributed by atoms with Crippen molar-refractivity contribution in [2.24, 2.45) is 0 Å². The first-order valence-corrected chi connectivity index (χ1v) is 4.70. The molecular weight excluding hydrogens is 208 g/mol. The molecule has 5 nitrogen and oxygen atoms in total. The third kappa shape index (κ3) is 2.03. The van der Waals surface area contributed by atoms with E-state index in [0.29, 0.717) is 6.42 Å². The van der Waals surface area contributed by atoms with Crippen LogP contribution in [0.5, 0.6) is 5.75 Å². The van der Waals surface area contributed by atoms with Gasteiger partial charge in [-0.25, -0.2) is 9.78 Å². The average molecular weight is 218 g/mol. The lowest BCUT2D eigenvalue weighted by atomic mass is 10.1. The monoisotopic (exact) mass is 218 g/mol. The van der Waals surface area contributed by atoms with Gasteiger partial charge in [-0.15, -0.1) is 0 Å². The number of benzene rings is 1. The standard InChI is InChI=1S/C11H10N2O3/c14-9-5-7(1-2-8(9)11(15)16)6-10-12-3-4-13-10/h1-5,14H,6H2,(H,12,13)(H,15,16). The first-order valence-electron chi connectivity index (χ1n) is 4.70. The molecule has 0 atom stereocenters. The van der Waals surface area contributed by atoms with Crippen molar-refractivity contribution in [1.82, 2.24) is 9.97 Å². The van der Waals surface area contributed by atoms with Crippen LogP contribution in [0.3, 0.4) is 0 Å². The predicted molar refractivity (Wildman–Crippen MR) is 56.5 cm³/mol. The van der Waals surface area contributed by atoms with Crippen LogP contribution in [0.2, 0.25) is 0 Å². The lowest BCUT2D eigenvalue weighted by Crippen LogP contribution is -1.98. The molecule has 0 spiro atoms. The van der Waals surface area contributed by atoms with Crippen LogP contribution in [0.4, 0.5) is 0 Å². The van der Waals surface area contributed by atoms with Gasteiger partial charge in [0.1, 0.15) is 17.1 Å². The van der Waals surface area contributed by atoms with Crippen LogP contribution in [-0.2, 0) is 6.42 Å². The smallest absolute Gasteiger partial charge is 0.339 e. The summed E-state index contributed by atoms with van der Waals surface area (Å²) >= 11 is 0. The number of imidazole rings is 1. The first kappa shape index (κ1) is 10.2. The number of nitrogens with zero attached hydrogens (tertiary/aromatic N) is 1. The number of H-pyrrole nitrogens is 1. The summed E-state index contributed by atoms with van der Waals surface area (Å²) in [7, 11) is 0. The zero-order valence-corrected chi connectivity index (χ0v) is 8.34. The number of aromatic amines is 1. The van der Waals surface area contributed by atoms with Crippen LogP contribution in [0, 0.1) is 0 Å². The van der Waals surface area contributed by atoms with Crippen molar-refractivity contribution in [3.05, 3.63) is 47.5 Å². The van der Waals surface area contributed by atoms with Crippen LogP contribution in [0.15, 0.2) is 30.6 Å². The van der Waals surface area contributed by atoms with Crippen LogP contribution < -0.4 is 0 Å². The maximum absolute atomic E-state index is 10.7. The Morgan fingerprint density at radius 3 is 2.81 bits per heavy atom. The van der Waals surface area contributed by atoms with Crippen molar-refractivity contribution in [1.29, 1.82) is 0 Å². The van der Waals surface area contributed by atoms with Crippen LogP contribution in [-0.4, -0.2) is 26.2 Å². The maximum atomic E-state index is 10.7. The molecule has 0 amide bonds. The summed E-state index contributed by atoms with van der Waals surface area (Å²) in [5.74, 6) is -0.596. The summed E-state index contributed by atoms with van der Waals surface area (Å²) in [6.45, 7) is 0. The Hall–Kier alpha value is -2.30. The number of carboxylic acids is 1. The van der Waals surface area contributed by atoms with E-state index in [-0.39, 0.29) is 11.3 Å². The number of phenols is 1. The van der Waals surface area contributed by atoms with Gasteiger partial charge in [0.25, 0.3) is 0 Å². The number of rotatable bonds is 3. The fourth-order valence-electron chi connectivity index (χ4n) is 1.46. The molecule has 16 heavy (non-hydrogen) atoms. The van der Waals surface area contributed by atoms with E-state index in [1.54, 1.807) is 18.5 Å². The summed E-state index contributed by atoms with van der Waals surface area (Å²) < 4.78 is 0. The summed E-state index contributed by atoms with van der Waals surface area (Å²) in [6.07, 6.45) is 3.88. The third-order valence-corrected chi connectivity index (χ3v) is 2.22. The van der Waals surface area contributed by atoms with Crippen molar-refractivity contribution in [2.45, 2.75) is 6.42 Å². The molecule has 0 unspecified atom stereocenters. The fraction of sp³-hybridized carbons (Fsp3) is 0.0909. The minimum atomic E-state index is -1.14. The summed E-state index contributed by atoms with van der Waals surface area (Å²) in [6, 6.07) is 4.48. The van der Waals surface area contributed by atoms with Gasteiger partial charge in [-0.05, 0) is 17.7 Å². The van der Waals surface area contributed by atoms with E-state index in [0.717, 1.165) is 11.4 Å². The lowest BCUT2D eigenvalue weighted by Gasteiger charge is -2.02. The SMILES string of the molecule is O=C(O)c1ccc(Cc2ncc[nH]2)cc1O. The molecule has 0 saturated heterocycles. The Kier molecular flexibility index (Phi) is 2.59. The molecule has 1 aromatic carbocycles. The third-order valence-electron chi connectivity index (χ3n) is 2.22. The number of hydrogen-bond acceptors (Lipinski definition) is 3. The van der Waals surface area contributed by atoms with Crippen LogP contribution in [0.1, 0.15) is 21.7 Å². The average Bonchev–Trinajstić information content (AvgIpc) is 2.70. The van der Waals surface area contributed by atoms with E-state index in [4.69, 9.17) is 5.11 Å². The van der Waals surface area contributed by atoms with Gasteiger partial charge in [-0.1, -0.05) is 6.07 Å². The zero-order valence-electron chi connectivity index (χ0n) is 8.34. The second-order valence-corrected chi connectivity index (χ2v) is 3.37. The molecule has 3 N–H and O–H groups in total. The molecule has 0 fully saturated rings. The quantitative estimate of drug-likeness (QED) is 0.726.